The summed E-state index contributed by atoms with van der Waals surface area (Å²) < 4.78 is 0. The molecule has 0 saturated carbocycles. The lowest BCUT2D eigenvalue weighted by atomic mass is 9.97. The fraction of sp³-hybridized carbons (Fsp3) is 0.600. The molecule has 0 heterocycles. The maximum Gasteiger partial charge on any atom is 0.0942 e. The number of aryl methyl sites for hydroxylation is 2. The van der Waals surface area contributed by atoms with Crippen molar-refractivity contribution >= 4 is 0 Å². The molecule has 1 aromatic carbocycles. The molecule has 2 unspecified atom stereocenters. The number of aliphatic hydroxyl groups excluding tert-OH is 1. The van der Waals surface area contributed by atoms with E-state index in [4.69, 9.17) is 0 Å². The maximum absolute atomic E-state index is 10.4. The molecule has 2 atom stereocenters. The summed E-state index contributed by atoms with van der Waals surface area (Å²) >= 11 is 0. The number of hydrogen-bond acceptors (Lipinski definition) is 2. The Balaban J connectivity index is 2.78. The summed E-state index contributed by atoms with van der Waals surface area (Å²) in [6, 6.07) is 6.36. The van der Waals surface area contributed by atoms with Crippen molar-refractivity contribution < 1.29 is 5.11 Å². The van der Waals surface area contributed by atoms with Gasteiger partial charge in [-0.1, -0.05) is 32.0 Å². The van der Waals surface area contributed by atoms with Crippen LogP contribution in [0.4, 0.5) is 0 Å². The number of aliphatic hydroxyl groups is 1. The van der Waals surface area contributed by atoms with E-state index in [1.54, 1.807) is 0 Å². The highest BCUT2D eigenvalue weighted by molar-refractivity contribution is 5.31. The molecule has 1 aromatic rings. The molecule has 0 aliphatic heterocycles. The monoisotopic (exact) mass is 235 g/mol. The normalized spacial score (nSPS) is 14.6. The van der Waals surface area contributed by atoms with Gasteiger partial charge < -0.3 is 10.4 Å². The average Bonchev–Trinajstić information content (AvgIpc) is 2.33. The van der Waals surface area contributed by atoms with Gasteiger partial charge >= 0.3 is 0 Å². The molecule has 1 rings (SSSR count). The lowest BCUT2D eigenvalue weighted by molar-refractivity contribution is 0.126. The minimum absolute atomic E-state index is 0.150. The molecule has 0 amide bonds. The van der Waals surface area contributed by atoms with Gasteiger partial charge in [0.05, 0.1) is 6.10 Å². The highest BCUT2D eigenvalue weighted by atomic mass is 16.3. The van der Waals surface area contributed by atoms with Crippen LogP contribution in [0.3, 0.4) is 0 Å². The number of benzene rings is 1. The summed E-state index contributed by atoms with van der Waals surface area (Å²) in [5.74, 6) is 0. The first kappa shape index (κ1) is 14.2. The summed E-state index contributed by atoms with van der Waals surface area (Å²) in [4.78, 5) is 0. The van der Waals surface area contributed by atoms with E-state index in [1.165, 1.54) is 11.1 Å². The summed E-state index contributed by atoms with van der Waals surface area (Å²) in [6.07, 6.45) is 1.62. The van der Waals surface area contributed by atoms with Crippen LogP contribution in [0.5, 0.6) is 0 Å². The molecule has 2 N–H and O–H groups in total. The second-order valence-corrected chi connectivity index (χ2v) is 4.76. The number of rotatable bonds is 6. The molecular formula is C15H25NO. The summed E-state index contributed by atoms with van der Waals surface area (Å²) in [5.41, 5.74) is 3.53. The van der Waals surface area contributed by atoms with Crippen LogP contribution in [-0.2, 0) is 0 Å². The number of nitrogens with one attached hydrogen (secondary N) is 1. The lowest BCUT2D eigenvalue weighted by Crippen LogP contribution is -2.34. The molecule has 17 heavy (non-hydrogen) atoms. The van der Waals surface area contributed by atoms with Crippen molar-refractivity contribution in [2.75, 3.05) is 6.54 Å². The Morgan fingerprint density at radius 3 is 2.41 bits per heavy atom. The van der Waals surface area contributed by atoms with Gasteiger partial charge in [0.15, 0.2) is 0 Å². The minimum Gasteiger partial charge on any atom is -0.387 e. The molecule has 0 aliphatic carbocycles. The van der Waals surface area contributed by atoms with Gasteiger partial charge in [-0.3, -0.25) is 0 Å². The van der Waals surface area contributed by atoms with Crippen molar-refractivity contribution in [3.63, 3.8) is 0 Å². The second-order valence-electron chi connectivity index (χ2n) is 4.76. The van der Waals surface area contributed by atoms with Gasteiger partial charge in [-0.15, -0.1) is 0 Å². The zero-order chi connectivity index (χ0) is 12.8. The van der Waals surface area contributed by atoms with Gasteiger partial charge in [0.25, 0.3) is 0 Å². The minimum atomic E-state index is -0.411. The Bertz CT molecular complexity index is 349. The Kier molecular flexibility index (Phi) is 5.66. The predicted octanol–water partition coefficient (Wildman–Crippen LogP) is 3.12. The van der Waals surface area contributed by atoms with Gasteiger partial charge in [-0.2, -0.15) is 0 Å². The molecule has 0 fully saturated rings. The third-order valence-corrected chi connectivity index (χ3v) is 3.35. The van der Waals surface area contributed by atoms with Crippen LogP contribution in [0.15, 0.2) is 18.2 Å². The smallest absolute Gasteiger partial charge is 0.0942 e. The van der Waals surface area contributed by atoms with Gasteiger partial charge in [0, 0.05) is 6.04 Å². The van der Waals surface area contributed by atoms with E-state index in [0.29, 0.717) is 0 Å². The highest BCUT2D eigenvalue weighted by Gasteiger charge is 2.18. The van der Waals surface area contributed by atoms with Crippen LogP contribution >= 0.6 is 0 Å². The fourth-order valence-electron chi connectivity index (χ4n) is 1.99. The van der Waals surface area contributed by atoms with E-state index >= 15 is 0 Å². The average molecular weight is 235 g/mol. The Morgan fingerprint density at radius 1 is 1.18 bits per heavy atom. The van der Waals surface area contributed by atoms with E-state index in [2.05, 4.69) is 45.1 Å². The fourth-order valence-corrected chi connectivity index (χ4v) is 1.99. The van der Waals surface area contributed by atoms with Crippen molar-refractivity contribution in [1.82, 2.24) is 5.32 Å². The van der Waals surface area contributed by atoms with E-state index in [9.17, 15) is 5.11 Å². The zero-order valence-electron chi connectivity index (χ0n) is 11.5. The van der Waals surface area contributed by atoms with E-state index < -0.39 is 6.10 Å². The first-order chi connectivity index (χ1) is 8.10. The van der Waals surface area contributed by atoms with Crippen LogP contribution in [0.1, 0.15) is 49.5 Å². The summed E-state index contributed by atoms with van der Waals surface area (Å²) in [6.45, 7) is 9.39. The zero-order valence-corrected chi connectivity index (χ0v) is 11.5. The molecule has 96 valence electrons. The summed E-state index contributed by atoms with van der Waals surface area (Å²) in [5, 5.41) is 13.8. The van der Waals surface area contributed by atoms with Crippen molar-refractivity contribution in [2.45, 2.75) is 52.7 Å². The Morgan fingerprint density at radius 2 is 1.88 bits per heavy atom. The van der Waals surface area contributed by atoms with Crippen LogP contribution < -0.4 is 5.32 Å². The molecule has 0 radical (unpaired) electrons. The molecule has 2 nitrogen and oxygen atoms in total. The van der Waals surface area contributed by atoms with E-state index in [0.717, 1.165) is 24.9 Å². The third-order valence-electron chi connectivity index (χ3n) is 3.35. The Labute approximate surface area is 105 Å². The van der Waals surface area contributed by atoms with Crippen molar-refractivity contribution in [3.8, 4) is 0 Å². The Hall–Kier alpha value is -0.860. The van der Waals surface area contributed by atoms with Crippen LogP contribution in [0, 0.1) is 13.8 Å². The molecule has 2 heteroatoms. The van der Waals surface area contributed by atoms with Crippen LogP contribution in [0.2, 0.25) is 0 Å². The van der Waals surface area contributed by atoms with Gasteiger partial charge in [0.2, 0.25) is 0 Å². The first-order valence-corrected chi connectivity index (χ1v) is 6.58. The molecule has 0 spiro atoms. The lowest BCUT2D eigenvalue weighted by Gasteiger charge is -2.23. The molecular weight excluding hydrogens is 210 g/mol. The largest absolute Gasteiger partial charge is 0.387 e. The standard InChI is InChI=1S/C15H25NO/c1-5-9-16-14(6-2)15(17)13-8-7-11(3)12(4)10-13/h7-8,10,14-17H,5-6,9H2,1-4H3. The quantitative estimate of drug-likeness (QED) is 0.794. The van der Waals surface area contributed by atoms with E-state index in [1.807, 2.05) is 6.07 Å². The second kappa shape index (κ2) is 6.77. The van der Waals surface area contributed by atoms with Crippen LogP contribution in [0.25, 0.3) is 0 Å². The van der Waals surface area contributed by atoms with Gasteiger partial charge in [0.1, 0.15) is 0 Å². The highest BCUT2D eigenvalue weighted by Crippen LogP contribution is 2.21. The van der Waals surface area contributed by atoms with Crippen LogP contribution in [-0.4, -0.2) is 17.7 Å². The number of hydrogen-bond donors (Lipinski definition) is 2. The molecule has 0 saturated heterocycles. The maximum atomic E-state index is 10.4. The van der Waals surface area contributed by atoms with Crippen molar-refractivity contribution in [2.24, 2.45) is 0 Å². The van der Waals surface area contributed by atoms with E-state index in [-0.39, 0.29) is 6.04 Å². The van der Waals surface area contributed by atoms with Crippen molar-refractivity contribution in [3.05, 3.63) is 34.9 Å². The van der Waals surface area contributed by atoms with Crippen molar-refractivity contribution in [1.29, 1.82) is 0 Å². The molecule has 0 aliphatic rings. The molecule has 0 aromatic heterocycles. The van der Waals surface area contributed by atoms with Gasteiger partial charge in [-0.25, -0.2) is 0 Å². The topological polar surface area (TPSA) is 32.3 Å². The SMILES string of the molecule is CCCNC(CC)C(O)c1ccc(C)c(C)c1. The first-order valence-electron chi connectivity index (χ1n) is 6.58. The predicted molar refractivity (Wildman–Crippen MR) is 73.2 cm³/mol. The molecule has 0 bridgehead atoms. The van der Waals surface area contributed by atoms with Gasteiger partial charge in [-0.05, 0) is 49.9 Å². The third kappa shape index (κ3) is 3.83. The summed E-state index contributed by atoms with van der Waals surface area (Å²) in [7, 11) is 0.